The second kappa shape index (κ2) is 5.84. The third-order valence-corrected chi connectivity index (χ3v) is 5.13. The SMILES string of the molecule is COC(=O)COc1nccc(N2Cc3ccccc3S2(=O)=O)n1. The molecule has 0 spiro atoms. The van der Waals surface area contributed by atoms with Crippen LogP contribution >= 0.6 is 0 Å². The summed E-state index contributed by atoms with van der Waals surface area (Å²) >= 11 is 0. The van der Waals surface area contributed by atoms with E-state index in [1.54, 1.807) is 24.3 Å². The number of sulfonamides is 1. The van der Waals surface area contributed by atoms with Crippen LogP contribution in [-0.4, -0.2) is 38.1 Å². The smallest absolute Gasteiger partial charge is 0.344 e. The highest BCUT2D eigenvalue weighted by molar-refractivity contribution is 7.93. The summed E-state index contributed by atoms with van der Waals surface area (Å²) in [5.74, 6) is -0.406. The first-order valence-corrected chi connectivity index (χ1v) is 8.09. The lowest BCUT2D eigenvalue weighted by Crippen LogP contribution is -2.25. The predicted octanol–water partition coefficient (Wildman–Crippen LogP) is 0.737. The Hall–Kier alpha value is -2.68. The van der Waals surface area contributed by atoms with Crippen LogP contribution in [0.1, 0.15) is 5.56 Å². The number of methoxy groups -OCH3 is 1. The molecule has 0 amide bonds. The average Bonchev–Trinajstić information content (AvgIpc) is 2.84. The van der Waals surface area contributed by atoms with Gasteiger partial charge in [-0.25, -0.2) is 22.5 Å². The Balaban J connectivity index is 1.88. The molecule has 8 nitrogen and oxygen atoms in total. The van der Waals surface area contributed by atoms with Crippen molar-refractivity contribution in [2.45, 2.75) is 11.4 Å². The monoisotopic (exact) mass is 335 g/mol. The summed E-state index contributed by atoms with van der Waals surface area (Å²) in [5, 5.41) is 0. The summed E-state index contributed by atoms with van der Waals surface area (Å²) in [6.07, 6.45) is 1.37. The second-order valence-electron chi connectivity index (χ2n) is 4.68. The molecule has 0 saturated carbocycles. The molecule has 120 valence electrons. The van der Waals surface area contributed by atoms with Crippen LogP contribution in [0.4, 0.5) is 5.82 Å². The maximum absolute atomic E-state index is 12.6. The molecule has 9 heteroatoms. The van der Waals surface area contributed by atoms with E-state index in [4.69, 9.17) is 4.74 Å². The standard InChI is InChI=1S/C14H13N3O5S/c1-21-13(18)9-22-14-15-7-6-12(16-14)17-8-10-4-2-3-5-11(10)23(17,19)20/h2-7H,8-9H2,1H3. The number of carbonyl (C=O) groups excluding carboxylic acids is 1. The molecular weight excluding hydrogens is 322 g/mol. The normalized spacial score (nSPS) is 15.1. The van der Waals surface area contributed by atoms with E-state index >= 15 is 0 Å². The molecule has 23 heavy (non-hydrogen) atoms. The zero-order valence-corrected chi connectivity index (χ0v) is 13.0. The Morgan fingerprint density at radius 2 is 2.09 bits per heavy atom. The highest BCUT2D eigenvalue weighted by Crippen LogP contribution is 2.33. The van der Waals surface area contributed by atoms with Gasteiger partial charge in [-0.05, 0) is 11.6 Å². The Bertz CT molecular complexity index is 853. The minimum absolute atomic E-state index is 0.0981. The van der Waals surface area contributed by atoms with Crippen LogP contribution in [0.25, 0.3) is 0 Å². The first-order valence-electron chi connectivity index (χ1n) is 6.65. The summed E-state index contributed by atoms with van der Waals surface area (Å²) in [5.41, 5.74) is 0.697. The van der Waals surface area contributed by atoms with Gasteiger partial charge in [0.1, 0.15) is 5.82 Å². The van der Waals surface area contributed by atoms with Crippen molar-refractivity contribution in [1.82, 2.24) is 9.97 Å². The van der Waals surface area contributed by atoms with E-state index in [9.17, 15) is 13.2 Å². The van der Waals surface area contributed by atoms with E-state index in [0.717, 1.165) is 0 Å². The van der Waals surface area contributed by atoms with Crippen LogP contribution in [0, 0.1) is 0 Å². The molecule has 1 aliphatic rings. The number of nitrogens with zero attached hydrogens (tertiary/aromatic N) is 3. The van der Waals surface area contributed by atoms with Crippen molar-refractivity contribution in [1.29, 1.82) is 0 Å². The maximum atomic E-state index is 12.6. The van der Waals surface area contributed by atoms with E-state index in [1.165, 1.54) is 23.7 Å². The van der Waals surface area contributed by atoms with Gasteiger partial charge in [0.05, 0.1) is 18.6 Å². The number of benzene rings is 1. The highest BCUT2D eigenvalue weighted by Gasteiger charge is 2.35. The number of carbonyl (C=O) groups is 1. The molecule has 3 rings (SSSR count). The molecule has 2 aromatic rings. The van der Waals surface area contributed by atoms with Gasteiger partial charge in [0.25, 0.3) is 10.0 Å². The summed E-state index contributed by atoms with van der Waals surface area (Å²) in [6, 6.07) is 8.13. The topological polar surface area (TPSA) is 98.7 Å². The highest BCUT2D eigenvalue weighted by atomic mass is 32.2. The number of hydrogen-bond donors (Lipinski definition) is 0. The van der Waals surface area contributed by atoms with E-state index in [0.29, 0.717) is 5.56 Å². The average molecular weight is 335 g/mol. The Morgan fingerprint density at radius 1 is 1.30 bits per heavy atom. The Morgan fingerprint density at radius 3 is 2.83 bits per heavy atom. The predicted molar refractivity (Wildman–Crippen MR) is 79.4 cm³/mol. The molecule has 0 saturated heterocycles. The van der Waals surface area contributed by atoms with Gasteiger partial charge in [-0.2, -0.15) is 4.98 Å². The van der Waals surface area contributed by atoms with Crippen LogP contribution < -0.4 is 9.04 Å². The van der Waals surface area contributed by atoms with Gasteiger partial charge in [0.2, 0.25) is 0 Å². The first-order chi connectivity index (χ1) is 11.0. The number of rotatable bonds is 4. The molecule has 1 aromatic heterocycles. The molecule has 2 heterocycles. The molecule has 0 fully saturated rings. The molecule has 1 aromatic carbocycles. The largest absolute Gasteiger partial charge is 0.466 e. The van der Waals surface area contributed by atoms with E-state index < -0.39 is 16.0 Å². The number of hydrogen-bond acceptors (Lipinski definition) is 7. The Kier molecular flexibility index (Phi) is 3.87. The fourth-order valence-corrected chi connectivity index (χ4v) is 3.78. The fraction of sp³-hybridized carbons (Fsp3) is 0.214. The first kappa shape index (κ1) is 15.2. The van der Waals surface area contributed by atoms with Crippen molar-refractivity contribution in [3.05, 3.63) is 42.1 Å². The van der Waals surface area contributed by atoms with Gasteiger partial charge in [-0.1, -0.05) is 18.2 Å². The van der Waals surface area contributed by atoms with Gasteiger partial charge in [0, 0.05) is 12.3 Å². The molecule has 0 aliphatic carbocycles. The van der Waals surface area contributed by atoms with Crippen LogP contribution in [0.3, 0.4) is 0 Å². The number of aromatic nitrogens is 2. The molecule has 0 unspecified atom stereocenters. The third kappa shape index (κ3) is 2.82. The quantitative estimate of drug-likeness (QED) is 0.760. The minimum atomic E-state index is -3.66. The molecule has 0 atom stereocenters. The number of fused-ring (bicyclic) bond motifs is 1. The van der Waals surface area contributed by atoms with Crippen molar-refractivity contribution in [2.24, 2.45) is 0 Å². The summed E-state index contributed by atoms with van der Waals surface area (Å²) < 4.78 is 35.8. The van der Waals surface area contributed by atoms with Crippen molar-refractivity contribution < 1.29 is 22.7 Å². The summed E-state index contributed by atoms with van der Waals surface area (Å²) in [7, 11) is -2.42. The maximum Gasteiger partial charge on any atom is 0.344 e. The number of ether oxygens (including phenoxy) is 2. The van der Waals surface area contributed by atoms with Crippen molar-refractivity contribution >= 4 is 21.8 Å². The lowest BCUT2D eigenvalue weighted by molar-refractivity contribution is -0.143. The van der Waals surface area contributed by atoms with Gasteiger partial charge in [0.15, 0.2) is 6.61 Å². The molecular formula is C14H13N3O5S. The number of anilines is 1. The van der Waals surface area contributed by atoms with E-state index in [1.807, 2.05) is 0 Å². The molecule has 0 bridgehead atoms. The molecule has 0 radical (unpaired) electrons. The Labute approximate surface area is 132 Å². The molecule has 1 aliphatic heterocycles. The fourth-order valence-electron chi connectivity index (χ4n) is 2.17. The number of esters is 1. The van der Waals surface area contributed by atoms with Gasteiger partial charge >= 0.3 is 12.0 Å². The third-order valence-electron chi connectivity index (χ3n) is 3.28. The van der Waals surface area contributed by atoms with E-state index in [2.05, 4.69) is 14.7 Å². The van der Waals surface area contributed by atoms with Crippen molar-refractivity contribution in [3.63, 3.8) is 0 Å². The lowest BCUT2D eigenvalue weighted by atomic mass is 10.2. The van der Waals surface area contributed by atoms with E-state index in [-0.39, 0.29) is 29.9 Å². The van der Waals surface area contributed by atoms with Crippen LogP contribution in [0.2, 0.25) is 0 Å². The van der Waals surface area contributed by atoms with Gasteiger partial charge in [-0.3, -0.25) is 0 Å². The molecule has 0 N–H and O–H groups in total. The summed E-state index contributed by atoms with van der Waals surface area (Å²) in [4.78, 5) is 19.2. The zero-order valence-electron chi connectivity index (χ0n) is 12.2. The second-order valence-corrected chi connectivity index (χ2v) is 6.51. The van der Waals surface area contributed by atoms with Crippen LogP contribution in [-0.2, 0) is 26.1 Å². The van der Waals surface area contributed by atoms with Crippen molar-refractivity contribution in [3.8, 4) is 6.01 Å². The minimum Gasteiger partial charge on any atom is -0.466 e. The van der Waals surface area contributed by atoms with Crippen LogP contribution in [0.5, 0.6) is 6.01 Å². The van der Waals surface area contributed by atoms with Crippen LogP contribution in [0.15, 0.2) is 41.4 Å². The van der Waals surface area contributed by atoms with Gasteiger partial charge < -0.3 is 9.47 Å². The van der Waals surface area contributed by atoms with Gasteiger partial charge in [-0.15, -0.1) is 0 Å². The summed E-state index contributed by atoms with van der Waals surface area (Å²) in [6.45, 7) is -0.168. The van der Waals surface area contributed by atoms with Crippen molar-refractivity contribution in [2.75, 3.05) is 18.0 Å². The lowest BCUT2D eigenvalue weighted by Gasteiger charge is -2.16. The zero-order chi connectivity index (χ0) is 16.4.